The molecule has 2 aromatic heterocycles. The third-order valence-corrected chi connectivity index (χ3v) is 2.34. The van der Waals surface area contributed by atoms with Crippen LogP contribution in [0, 0.1) is 25.2 Å². The number of aryl methyl sites for hydroxylation is 2. The lowest BCUT2D eigenvalue weighted by Gasteiger charge is -2.08. The summed E-state index contributed by atoms with van der Waals surface area (Å²) < 4.78 is 0. The molecule has 2 heterocycles. The maximum absolute atomic E-state index is 9.08. The Balaban J connectivity index is 2.23. The summed E-state index contributed by atoms with van der Waals surface area (Å²) in [5.74, 6) is 1.29. The van der Waals surface area contributed by atoms with Crippen molar-refractivity contribution in [3.05, 3.63) is 35.0 Å². The van der Waals surface area contributed by atoms with Crippen LogP contribution in [0.1, 0.15) is 22.6 Å². The molecule has 0 unspecified atom stereocenters. The predicted octanol–water partition coefficient (Wildman–Crippen LogP) is 1.30. The third-order valence-electron chi connectivity index (χ3n) is 2.34. The predicted molar refractivity (Wildman–Crippen MR) is 62.1 cm³/mol. The van der Waals surface area contributed by atoms with Crippen molar-refractivity contribution in [2.75, 3.05) is 5.32 Å². The minimum absolute atomic E-state index is 0.463. The number of nitriles is 1. The molecule has 0 saturated heterocycles. The van der Waals surface area contributed by atoms with E-state index in [1.165, 1.54) is 6.33 Å². The highest BCUT2D eigenvalue weighted by Gasteiger charge is 2.08. The topological polar surface area (TPSA) is 90.3 Å². The molecule has 17 heavy (non-hydrogen) atoms. The van der Waals surface area contributed by atoms with Gasteiger partial charge in [-0.15, -0.1) is 0 Å². The highest BCUT2D eigenvalue weighted by Crippen LogP contribution is 2.17. The number of rotatable bonds is 3. The molecule has 6 heteroatoms. The summed E-state index contributed by atoms with van der Waals surface area (Å²) in [5.41, 5.74) is 2.36. The van der Waals surface area contributed by atoms with Gasteiger partial charge in [-0.25, -0.2) is 9.97 Å². The third kappa shape index (κ3) is 2.39. The smallest absolute Gasteiger partial charge is 0.144 e. The van der Waals surface area contributed by atoms with Crippen LogP contribution in [0.5, 0.6) is 0 Å². The summed E-state index contributed by atoms with van der Waals surface area (Å²) in [4.78, 5) is 8.30. The van der Waals surface area contributed by atoms with Crippen LogP contribution in [-0.4, -0.2) is 20.2 Å². The molecule has 86 valence electrons. The largest absolute Gasteiger partial charge is 0.362 e. The van der Waals surface area contributed by atoms with E-state index in [9.17, 15) is 0 Å². The second-order valence-corrected chi connectivity index (χ2v) is 3.70. The molecule has 0 aliphatic heterocycles. The van der Waals surface area contributed by atoms with Gasteiger partial charge in [-0.3, -0.25) is 5.10 Å². The summed E-state index contributed by atoms with van der Waals surface area (Å²) in [6, 6.07) is 4.04. The number of nitrogens with zero attached hydrogens (tertiary/aromatic N) is 4. The molecular formula is C11H12N6. The number of pyridine rings is 1. The van der Waals surface area contributed by atoms with E-state index >= 15 is 0 Å². The maximum Gasteiger partial charge on any atom is 0.144 e. The van der Waals surface area contributed by atoms with Crippen molar-refractivity contribution < 1.29 is 0 Å². The van der Waals surface area contributed by atoms with Gasteiger partial charge in [0.15, 0.2) is 0 Å². The first-order valence-corrected chi connectivity index (χ1v) is 5.17. The number of anilines is 1. The zero-order valence-corrected chi connectivity index (χ0v) is 9.65. The van der Waals surface area contributed by atoms with Crippen LogP contribution in [-0.2, 0) is 6.54 Å². The van der Waals surface area contributed by atoms with Gasteiger partial charge in [0.2, 0.25) is 0 Å². The van der Waals surface area contributed by atoms with Gasteiger partial charge in [0.05, 0.1) is 12.1 Å². The second kappa shape index (κ2) is 4.61. The standard InChI is InChI=1S/C11H12N6/c1-7-3-8(2)16-11(9(7)4-12)13-5-10-14-6-15-17-10/h3,6H,5H2,1-2H3,(H,13,16)(H,14,15,17). The van der Waals surface area contributed by atoms with Gasteiger partial charge in [-0.1, -0.05) is 0 Å². The van der Waals surface area contributed by atoms with E-state index in [-0.39, 0.29) is 0 Å². The molecule has 2 N–H and O–H groups in total. The Morgan fingerprint density at radius 2 is 2.29 bits per heavy atom. The highest BCUT2D eigenvalue weighted by atomic mass is 15.2. The van der Waals surface area contributed by atoms with Gasteiger partial charge >= 0.3 is 0 Å². The lowest BCUT2D eigenvalue weighted by Crippen LogP contribution is -2.06. The Labute approximate surface area is 98.7 Å². The number of H-pyrrole nitrogens is 1. The first kappa shape index (κ1) is 11.1. The summed E-state index contributed by atoms with van der Waals surface area (Å²) in [6.07, 6.45) is 1.44. The van der Waals surface area contributed by atoms with Crippen molar-refractivity contribution in [3.63, 3.8) is 0 Å². The van der Waals surface area contributed by atoms with Crippen LogP contribution < -0.4 is 5.32 Å². The zero-order valence-electron chi connectivity index (χ0n) is 9.65. The number of aromatic nitrogens is 4. The minimum Gasteiger partial charge on any atom is -0.362 e. The molecule has 2 aromatic rings. The molecule has 0 aromatic carbocycles. The zero-order chi connectivity index (χ0) is 12.3. The van der Waals surface area contributed by atoms with Crippen LogP contribution in [0.25, 0.3) is 0 Å². The molecule has 0 bridgehead atoms. The fraction of sp³-hybridized carbons (Fsp3) is 0.273. The van der Waals surface area contributed by atoms with Crippen LogP contribution in [0.3, 0.4) is 0 Å². The highest BCUT2D eigenvalue weighted by molar-refractivity contribution is 5.56. The summed E-state index contributed by atoms with van der Waals surface area (Å²) >= 11 is 0. The number of hydrogen-bond acceptors (Lipinski definition) is 5. The first-order chi connectivity index (χ1) is 8.20. The Kier molecular flexibility index (Phi) is 3.01. The van der Waals surface area contributed by atoms with Gasteiger partial charge in [0, 0.05) is 5.69 Å². The fourth-order valence-electron chi connectivity index (χ4n) is 1.59. The summed E-state index contributed by atoms with van der Waals surface area (Å²) in [6.45, 7) is 4.26. The van der Waals surface area contributed by atoms with Crippen molar-refractivity contribution in [2.24, 2.45) is 0 Å². The molecule has 0 amide bonds. The average molecular weight is 228 g/mol. The van der Waals surface area contributed by atoms with E-state index in [0.717, 1.165) is 11.3 Å². The Bertz CT molecular complexity index is 552. The molecule has 0 fully saturated rings. The van der Waals surface area contributed by atoms with Gasteiger partial charge in [-0.05, 0) is 25.5 Å². The van der Waals surface area contributed by atoms with E-state index in [1.54, 1.807) is 0 Å². The Hall–Kier alpha value is -2.42. The van der Waals surface area contributed by atoms with Gasteiger partial charge in [0.25, 0.3) is 0 Å². The molecule has 0 aliphatic carbocycles. The maximum atomic E-state index is 9.08. The SMILES string of the molecule is Cc1cc(C)c(C#N)c(NCc2ncn[nH]2)n1. The van der Waals surface area contributed by atoms with E-state index in [2.05, 4.69) is 31.6 Å². The summed E-state index contributed by atoms with van der Waals surface area (Å²) in [5, 5.41) is 18.7. The molecule has 0 saturated carbocycles. The molecule has 0 spiro atoms. The molecule has 6 nitrogen and oxygen atoms in total. The molecule has 0 aliphatic rings. The van der Waals surface area contributed by atoms with Crippen molar-refractivity contribution >= 4 is 5.82 Å². The van der Waals surface area contributed by atoms with Crippen LogP contribution >= 0.6 is 0 Å². The van der Waals surface area contributed by atoms with Crippen molar-refractivity contribution in [1.29, 1.82) is 5.26 Å². The fourth-order valence-corrected chi connectivity index (χ4v) is 1.59. The number of hydrogen-bond donors (Lipinski definition) is 2. The van der Waals surface area contributed by atoms with E-state index < -0.39 is 0 Å². The number of nitrogens with one attached hydrogen (secondary N) is 2. The van der Waals surface area contributed by atoms with Gasteiger partial charge < -0.3 is 5.32 Å². The monoisotopic (exact) mass is 228 g/mol. The minimum atomic E-state index is 0.463. The first-order valence-electron chi connectivity index (χ1n) is 5.17. The Morgan fingerprint density at radius 3 is 2.94 bits per heavy atom. The summed E-state index contributed by atoms with van der Waals surface area (Å²) in [7, 11) is 0. The normalized spacial score (nSPS) is 9.94. The average Bonchev–Trinajstić information content (AvgIpc) is 2.78. The van der Waals surface area contributed by atoms with Crippen molar-refractivity contribution in [3.8, 4) is 6.07 Å². The molecular weight excluding hydrogens is 216 g/mol. The Morgan fingerprint density at radius 1 is 1.47 bits per heavy atom. The second-order valence-electron chi connectivity index (χ2n) is 3.70. The van der Waals surface area contributed by atoms with Gasteiger partial charge in [0.1, 0.15) is 24.0 Å². The van der Waals surface area contributed by atoms with Crippen molar-refractivity contribution in [1.82, 2.24) is 20.2 Å². The quantitative estimate of drug-likeness (QED) is 0.826. The molecule has 0 radical (unpaired) electrons. The van der Waals surface area contributed by atoms with E-state index in [0.29, 0.717) is 23.8 Å². The lowest BCUT2D eigenvalue weighted by atomic mass is 10.1. The molecule has 0 atom stereocenters. The van der Waals surface area contributed by atoms with E-state index in [1.807, 2.05) is 19.9 Å². The van der Waals surface area contributed by atoms with Crippen LogP contribution in [0.15, 0.2) is 12.4 Å². The molecule has 2 rings (SSSR count). The van der Waals surface area contributed by atoms with Crippen molar-refractivity contribution in [2.45, 2.75) is 20.4 Å². The van der Waals surface area contributed by atoms with Gasteiger partial charge in [-0.2, -0.15) is 10.4 Å². The van der Waals surface area contributed by atoms with E-state index in [4.69, 9.17) is 5.26 Å². The van der Waals surface area contributed by atoms with Crippen LogP contribution in [0.4, 0.5) is 5.82 Å². The van der Waals surface area contributed by atoms with Crippen LogP contribution in [0.2, 0.25) is 0 Å². The lowest BCUT2D eigenvalue weighted by molar-refractivity contribution is 0.943. The number of aromatic amines is 1.